The van der Waals surface area contributed by atoms with Gasteiger partial charge in [0.2, 0.25) is 0 Å². The summed E-state index contributed by atoms with van der Waals surface area (Å²) in [7, 11) is 0. The van der Waals surface area contributed by atoms with Crippen molar-refractivity contribution in [3.8, 4) is 0 Å². The van der Waals surface area contributed by atoms with Crippen LogP contribution < -0.4 is 0 Å². The van der Waals surface area contributed by atoms with Crippen molar-refractivity contribution in [2.24, 2.45) is 33.6 Å². The number of aliphatic hydroxyl groups excluding tert-OH is 2. The van der Waals surface area contributed by atoms with Crippen LogP contribution in [0.3, 0.4) is 0 Å². The Kier molecular flexibility index (Phi) is 3.89. The highest BCUT2D eigenvalue weighted by atomic mass is 16.5. The van der Waals surface area contributed by atoms with Crippen molar-refractivity contribution in [1.82, 2.24) is 0 Å². The molecule has 1 heterocycles. The summed E-state index contributed by atoms with van der Waals surface area (Å²) in [5.41, 5.74) is -0.915. The Bertz CT molecular complexity index is 890. The number of rotatable bonds is 2. The lowest BCUT2D eigenvalue weighted by molar-refractivity contribution is -0.146. The van der Waals surface area contributed by atoms with Crippen molar-refractivity contribution in [2.45, 2.75) is 64.2 Å². The van der Waals surface area contributed by atoms with E-state index in [0.29, 0.717) is 18.7 Å². The van der Waals surface area contributed by atoms with Gasteiger partial charge in [0.15, 0.2) is 23.0 Å². The molecule has 5 aliphatic rings. The smallest absolute Gasteiger partial charge is 0.190 e. The fourth-order valence-corrected chi connectivity index (χ4v) is 7.81. The van der Waals surface area contributed by atoms with Gasteiger partial charge in [-0.2, -0.15) is 0 Å². The zero-order chi connectivity index (χ0) is 20.8. The van der Waals surface area contributed by atoms with Crippen LogP contribution in [0.1, 0.15) is 46.5 Å². The van der Waals surface area contributed by atoms with E-state index in [-0.39, 0.29) is 40.8 Å². The van der Waals surface area contributed by atoms with E-state index in [4.69, 9.17) is 9.73 Å². The molecule has 0 saturated heterocycles. The van der Waals surface area contributed by atoms with Gasteiger partial charge in [-0.15, -0.1) is 0 Å². The Morgan fingerprint density at radius 2 is 2.14 bits per heavy atom. The molecule has 156 valence electrons. The largest absolute Gasteiger partial charge is 0.475 e. The first-order valence-corrected chi connectivity index (χ1v) is 10.7. The van der Waals surface area contributed by atoms with Crippen LogP contribution >= 0.6 is 0 Å². The van der Waals surface area contributed by atoms with Gasteiger partial charge in [-0.3, -0.25) is 9.59 Å². The topological polar surface area (TPSA) is 96.2 Å². The Labute approximate surface area is 170 Å². The fourth-order valence-electron chi connectivity index (χ4n) is 7.81. The first kappa shape index (κ1) is 19.2. The third-order valence-corrected chi connectivity index (χ3v) is 8.91. The zero-order valence-electron chi connectivity index (χ0n) is 17.2. The van der Waals surface area contributed by atoms with Crippen LogP contribution in [0.15, 0.2) is 28.8 Å². The second-order valence-corrected chi connectivity index (χ2v) is 10.0. The van der Waals surface area contributed by atoms with Gasteiger partial charge in [0.25, 0.3) is 0 Å². The van der Waals surface area contributed by atoms with Gasteiger partial charge >= 0.3 is 0 Å². The average Bonchev–Trinajstić information content (AvgIpc) is 3.12. The summed E-state index contributed by atoms with van der Waals surface area (Å²) in [5.74, 6) is 0.570. The maximum Gasteiger partial charge on any atom is 0.190 e. The summed E-state index contributed by atoms with van der Waals surface area (Å²) in [5, 5.41) is 21.2. The standard InChI is InChI=1S/C23H29NO5/c1-12-24-23(18(28)11-25)19(29-12)9-16-15-5-4-13-8-14(26)6-7-21(13,2)20(15)17(27)10-22(16,23)3/h6-8,15-17,19-20,25,27H,4-5,9-11H2,1-3H3/t15-,16-,17-,19?,20+,21-,22-,23+/m0/s1. The first-order chi connectivity index (χ1) is 13.7. The van der Waals surface area contributed by atoms with Crippen LogP contribution in [0.4, 0.5) is 0 Å². The van der Waals surface area contributed by atoms with E-state index in [1.165, 1.54) is 0 Å². The normalized spacial score (nSPS) is 50.0. The number of aliphatic imine (C=N–C) groups is 1. The number of aliphatic hydroxyl groups is 2. The second kappa shape index (κ2) is 5.88. The molecule has 0 spiro atoms. The summed E-state index contributed by atoms with van der Waals surface area (Å²) in [4.78, 5) is 29.7. The maximum atomic E-state index is 13.0. The predicted molar refractivity (Wildman–Crippen MR) is 106 cm³/mol. The van der Waals surface area contributed by atoms with Crippen LogP contribution in [-0.2, 0) is 14.3 Å². The third kappa shape index (κ3) is 2.17. The Morgan fingerprint density at radius 1 is 1.38 bits per heavy atom. The minimum atomic E-state index is -1.11. The number of ketones is 2. The molecule has 0 amide bonds. The SMILES string of the molecule is CC1=N[C@]2(C(=O)CO)C(C[C@H]3[C@@H]4CCC5=CC(=O)C=C[C@]5(C)[C@H]4[C@@H](O)C[C@@]32C)O1. The number of hydrogen-bond donors (Lipinski definition) is 2. The lowest BCUT2D eigenvalue weighted by atomic mass is 9.46. The van der Waals surface area contributed by atoms with Crippen LogP contribution in [-0.4, -0.2) is 52.0 Å². The van der Waals surface area contributed by atoms with Gasteiger partial charge in [-0.1, -0.05) is 25.5 Å². The Morgan fingerprint density at radius 3 is 2.86 bits per heavy atom. The van der Waals surface area contributed by atoms with Crippen LogP contribution in [0, 0.1) is 28.6 Å². The molecule has 3 saturated carbocycles. The zero-order valence-corrected chi connectivity index (χ0v) is 17.2. The van der Waals surface area contributed by atoms with Gasteiger partial charge in [-0.25, -0.2) is 4.99 Å². The molecule has 0 bridgehead atoms. The highest BCUT2D eigenvalue weighted by Gasteiger charge is 2.74. The number of carbonyl (C=O) groups is 2. The number of fused-ring (bicyclic) bond motifs is 7. The molecule has 6 nitrogen and oxygen atoms in total. The van der Waals surface area contributed by atoms with E-state index in [9.17, 15) is 19.8 Å². The Balaban J connectivity index is 1.61. The Hall–Kier alpha value is -1.79. The van der Waals surface area contributed by atoms with Gasteiger partial charge in [-0.05, 0) is 49.7 Å². The first-order valence-electron chi connectivity index (χ1n) is 10.7. The van der Waals surface area contributed by atoms with Crippen molar-refractivity contribution in [3.05, 3.63) is 23.8 Å². The van der Waals surface area contributed by atoms with Gasteiger partial charge < -0.3 is 14.9 Å². The second-order valence-electron chi connectivity index (χ2n) is 10.0. The maximum absolute atomic E-state index is 13.0. The quantitative estimate of drug-likeness (QED) is 0.740. The summed E-state index contributed by atoms with van der Waals surface area (Å²) >= 11 is 0. The summed E-state index contributed by atoms with van der Waals surface area (Å²) in [6, 6.07) is 0. The molecule has 3 fully saturated rings. The lowest BCUT2D eigenvalue weighted by Crippen LogP contribution is -2.62. The van der Waals surface area contributed by atoms with E-state index in [2.05, 4.69) is 13.8 Å². The molecule has 0 aromatic carbocycles. The highest BCUT2D eigenvalue weighted by molar-refractivity contribution is 6.01. The van der Waals surface area contributed by atoms with Crippen molar-refractivity contribution >= 4 is 17.5 Å². The number of allylic oxidation sites excluding steroid dienone is 4. The molecule has 0 aromatic heterocycles. The van der Waals surface area contributed by atoms with Crippen molar-refractivity contribution < 1.29 is 24.5 Å². The fraction of sp³-hybridized carbons (Fsp3) is 0.696. The minimum Gasteiger partial charge on any atom is -0.475 e. The molecule has 2 N–H and O–H groups in total. The van der Waals surface area contributed by atoms with Gasteiger partial charge in [0.05, 0.1) is 6.10 Å². The molecule has 1 unspecified atom stereocenters. The van der Waals surface area contributed by atoms with E-state index in [0.717, 1.165) is 18.4 Å². The molecule has 6 heteroatoms. The van der Waals surface area contributed by atoms with E-state index < -0.39 is 23.7 Å². The van der Waals surface area contributed by atoms with E-state index in [1.807, 2.05) is 6.08 Å². The number of carbonyl (C=O) groups excluding carboxylic acids is 2. The molecular formula is C23H29NO5. The molecule has 0 radical (unpaired) electrons. The average molecular weight is 399 g/mol. The monoisotopic (exact) mass is 399 g/mol. The van der Waals surface area contributed by atoms with Crippen molar-refractivity contribution in [1.29, 1.82) is 0 Å². The predicted octanol–water partition coefficient (Wildman–Crippen LogP) is 1.99. The van der Waals surface area contributed by atoms with E-state index in [1.54, 1.807) is 19.1 Å². The minimum absolute atomic E-state index is 0.00453. The van der Waals surface area contributed by atoms with Gasteiger partial charge in [0.1, 0.15) is 12.7 Å². The van der Waals surface area contributed by atoms with E-state index >= 15 is 0 Å². The number of nitrogens with zero attached hydrogens (tertiary/aromatic N) is 1. The summed E-state index contributed by atoms with van der Waals surface area (Å²) in [6.45, 7) is 5.38. The van der Waals surface area contributed by atoms with Crippen molar-refractivity contribution in [2.75, 3.05) is 6.61 Å². The summed E-state index contributed by atoms with van der Waals surface area (Å²) in [6.07, 6.45) is 7.20. The highest BCUT2D eigenvalue weighted by Crippen LogP contribution is 2.69. The molecule has 0 aromatic rings. The molecule has 4 aliphatic carbocycles. The third-order valence-electron chi connectivity index (χ3n) is 8.91. The van der Waals surface area contributed by atoms with Crippen LogP contribution in [0.5, 0.6) is 0 Å². The van der Waals surface area contributed by atoms with Crippen LogP contribution in [0.2, 0.25) is 0 Å². The molecular weight excluding hydrogens is 370 g/mol. The summed E-state index contributed by atoms with van der Waals surface area (Å²) < 4.78 is 6.00. The molecule has 29 heavy (non-hydrogen) atoms. The number of hydrogen-bond acceptors (Lipinski definition) is 6. The number of Topliss-reactive ketones (excluding diaryl/α,β-unsaturated/α-hetero) is 1. The lowest BCUT2D eigenvalue weighted by Gasteiger charge is -2.59. The van der Waals surface area contributed by atoms with Crippen LogP contribution in [0.25, 0.3) is 0 Å². The number of ether oxygens (including phenoxy) is 1. The van der Waals surface area contributed by atoms with Gasteiger partial charge in [0, 0.05) is 23.7 Å². The van der Waals surface area contributed by atoms with Crippen molar-refractivity contribution in [3.63, 3.8) is 0 Å². The molecule has 8 atom stereocenters. The molecule has 5 rings (SSSR count). The molecule has 1 aliphatic heterocycles.